The molecule has 148 valence electrons. The number of nitrogens with one attached hydrogen (secondary N) is 1. The first-order chi connectivity index (χ1) is 12.2. The molecule has 1 aliphatic rings. The minimum absolute atomic E-state index is 0. The van der Waals surface area contributed by atoms with Crippen molar-refractivity contribution in [1.29, 1.82) is 0 Å². The number of carbonyl (C=O) groups excluding carboxylic acids is 1. The lowest BCUT2D eigenvalue weighted by Gasteiger charge is -2.26. The van der Waals surface area contributed by atoms with Crippen LogP contribution in [0.25, 0.3) is 0 Å². The van der Waals surface area contributed by atoms with E-state index in [2.05, 4.69) is 22.3 Å². The predicted octanol–water partition coefficient (Wildman–Crippen LogP) is 3.52. The van der Waals surface area contributed by atoms with Crippen LogP contribution in [0.5, 0.6) is 0 Å². The van der Waals surface area contributed by atoms with E-state index in [1.807, 2.05) is 36.4 Å². The second-order valence-electron chi connectivity index (χ2n) is 6.33. The monoisotopic (exact) mass is 411 g/mol. The van der Waals surface area contributed by atoms with Gasteiger partial charge in [0.05, 0.1) is 13.2 Å². The minimum atomic E-state index is 0. The third-order valence-electron chi connectivity index (χ3n) is 4.42. The molecule has 0 unspecified atom stereocenters. The van der Waals surface area contributed by atoms with Crippen LogP contribution in [-0.4, -0.2) is 37.1 Å². The van der Waals surface area contributed by atoms with Crippen LogP contribution in [0.1, 0.15) is 17.5 Å². The molecule has 0 atom stereocenters. The number of halogens is 2. The van der Waals surface area contributed by atoms with E-state index in [0.717, 1.165) is 49.8 Å². The predicted molar refractivity (Wildman–Crippen MR) is 115 cm³/mol. The Bertz CT molecular complexity index is 705. The van der Waals surface area contributed by atoms with Gasteiger partial charge in [-0.1, -0.05) is 30.3 Å². The number of para-hydroxylation sites is 1. The molecular formula is C20H27Cl2N3O2. The minimum Gasteiger partial charge on any atom is -0.399 e. The Morgan fingerprint density at radius 3 is 2.37 bits per heavy atom. The maximum absolute atomic E-state index is 12.1. The van der Waals surface area contributed by atoms with Crippen molar-refractivity contribution in [2.24, 2.45) is 0 Å². The van der Waals surface area contributed by atoms with Gasteiger partial charge in [0.1, 0.15) is 0 Å². The summed E-state index contributed by atoms with van der Waals surface area (Å²) in [6.45, 7) is 4.48. The maximum atomic E-state index is 12.1. The lowest BCUT2D eigenvalue weighted by molar-refractivity contribution is -0.116. The Kier molecular flexibility index (Phi) is 10.2. The van der Waals surface area contributed by atoms with Crippen molar-refractivity contribution in [1.82, 2.24) is 4.90 Å². The molecule has 1 amide bonds. The van der Waals surface area contributed by atoms with Gasteiger partial charge >= 0.3 is 0 Å². The van der Waals surface area contributed by atoms with Crippen molar-refractivity contribution >= 4 is 42.1 Å². The molecule has 0 radical (unpaired) electrons. The molecule has 0 saturated carbocycles. The van der Waals surface area contributed by atoms with Crippen LogP contribution < -0.4 is 11.1 Å². The van der Waals surface area contributed by atoms with Gasteiger partial charge in [0.25, 0.3) is 0 Å². The highest BCUT2D eigenvalue weighted by Gasteiger charge is 2.11. The van der Waals surface area contributed by atoms with Gasteiger partial charge in [0.2, 0.25) is 5.91 Å². The van der Waals surface area contributed by atoms with Crippen molar-refractivity contribution in [3.63, 3.8) is 0 Å². The van der Waals surface area contributed by atoms with E-state index in [1.54, 1.807) is 0 Å². The molecule has 7 heteroatoms. The quantitative estimate of drug-likeness (QED) is 0.713. The highest BCUT2D eigenvalue weighted by atomic mass is 35.5. The second kappa shape index (κ2) is 11.8. The van der Waals surface area contributed by atoms with Crippen molar-refractivity contribution in [3.8, 4) is 0 Å². The Hall–Kier alpha value is -1.79. The van der Waals surface area contributed by atoms with E-state index >= 15 is 0 Å². The normalized spacial score (nSPS) is 13.9. The van der Waals surface area contributed by atoms with Crippen molar-refractivity contribution < 1.29 is 9.53 Å². The lowest BCUT2D eigenvalue weighted by atomic mass is 10.1. The lowest BCUT2D eigenvalue weighted by Crippen LogP contribution is -2.35. The van der Waals surface area contributed by atoms with Crippen LogP contribution in [0.15, 0.2) is 48.5 Å². The molecule has 0 aliphatic carbocycles. The average Bonchev–Trinajstić information content (AvgIpc) is 2.64. The summed E-state index contributed by atoms with van der Waals surface area (Å²) in [6.07, 6.45) is 1.07. The molecule has 27 heavy (non-hydrogen) atoms. The number of nitrogens with zero attached hydrogens (tertiary/aromatic N) is 1. The van der Waals surface area contributed by atoms with Crippen LogP contribution in [0.3, 0.4) is 0 Å². The summed E-state index contributed by atoms with van der Waals surface area (Å²) in [5.74, 6) is 0.00387. The Morgan fingerprint density at radius 2 is 1.70 bits per heavy atom. The molecule has 0 aromatic heterocycles. The van der Waals surface area contributed by atoms with Gasteiger partial charge in [-0.2, -0.15) is 0 Å². The zero-order valence-corrected chi connectivity index (χ0v) is 16.9. The Morgan fingerprint density at radius 1 is 1.04 bits per heavy atom. The number of benzene rings is 2. The molecule has 1 fully saturated rings. The van der Waals surface area contributed by atoms with Crippen LogP contribution >= 0.6 is 24.8 Å². The molecule has 3 rings (SSSR count). The molecule has 5 nitrogen and oxygen atoms in total. The number of rotatable bonds is 6. The average molecular weight is 412 g/mol. The zero-order valence-electron chi connectivity index (χ0n) is 15.2. The Labute approximate surface area is 173 Å². The number of amides is 1. The highest BCUT2D eigenvalue weighted by molar-refractivity contribution is 5.90. The van der Waals surface area contributed by atoms with Gasteiger partial charge in [0, 0.05) is 37.4 Å². The van der Waals surface area contributed by atoms with Gasteiger partial charge in [-0.3, -0.25) is 9.69 Å². The van der Waals surface area contributed by atoms with Gasteiger partial charge in [-0.05, 0) is 35.7 Å². The molecule has 2 aromatic carbocycles. The smallest absolute Gasteiger partial charge is 0.224 e. The summed E-state index contributed by atoms with van der Waals surface area (Å²) in [4.78, 5) is 14.5. The summed E-state index contributed by atoms with van der Waals surface area (Å²) >= 11 is 0. The number of anilines is 2. The number of nitrogen functional groups attached to an aromatic ring is 1. The van der Waals surface area contributed by atoms with Gasteiger partial charge < -0.3 is 15.8 Å². The topological polar surface area (TPSA) is 67.6 Å². The number of carbonyl (C=O) groups is 1. The fourth-order valence-corrected chi connectivity index (χ4v) is 2.94. The molecule has 2 aromatic rings. The van der Waals surface area contributed by atoms with Crippen LogP contribution in [0, 0.1) is 0 Å². The third-order valence-corrected chi connectivity index (χ3v) is 4.42. The summed E-state index contributed by atoms with van der Waals surface area (Å²) in [5, 5.41) is 2.95. The van der Waals surface area contributed by atoms with Crippen LogP contribution in [0.4, 0.5) is 11.4 Å². The SMILES string of the molecule is Cl.Cl.Nc1ccccc1CCC(=O)Nc1ccc(CN2CCOCC2)cc1. The van der Waals surface area contributed by atoms with Gasteiger partial charge in [-0.25, -0.2) is 0 Å². The standard InChI is InChI=1S/C20H25N3O2.2ClH/c21-19-4-2-1-3-17(19)7-10-20(24)22-18-8-5-16(6-9-18)15-23-11-13-25-14-12-23;;/h1-6,8-9H,7,10-15,21H2,(H,22,24);2*1H. The Balaban J connectivity index is 0.00000182. The fraction of sp³-hybridized carbons (Fsp3) is 0.350. The molecule has 1 heterocycles. The number of hydrogen-bond acceptors (Lipinski definition) is 4. The summed E-state index contributed by atoms with van der Waals surface area (Å²) < 4.78 is 5.37. The molecular weight excluding hydrogens is 385 g/mol. The molecule has 1 aliphatic heterocycles. The third kappa shape index (κ3) is 7.39. The largest absolute Gasteiger partial charge is 0.399 e. The number of aryl methyl sites for hydroxylation is 1. The van der Waals surface area contributed by atoms with Crippen LogP contribution in [-0.2, 0) is 22.5 Å². The van der Waals surface area contributed by atoms with E-state index in [4.69, 9.17) is 10.5 Å². The number of ether oxygens (including phenoxy) is 1. The van der Waals surface area contributed by atoms with Crippen molar-refractivity contribution in [2.75, 3.05) is 37.4 Å². The summed E-state index contributed by atoms with van der Waals surface area (Å²) in [7, 11) is 0. The van der Waals surface area contributed by atoms with E-state index < -0.39 is 0 Å². The highest BCUT2D eigenvalue weighted by Crippen LogP contribution is 2.15. The number of morpholine rings is 1. The van der Waals surface area contributed by atoms with Gasteiger partial charge in [0.15, 0.2) is 0 Å². The van der Waals surface area contributed by atoms with Crippen molar-refractivity contribution in [3.05, 3.63) is 59.7 Å². The number of hydrogen-bond donors (Lipinski definition) is 2. The number of nitrogens with two attached hydrogens (primary N) is 1. The summed E-state index contributed by atoms with van der Waals surface area (Å²) in [5.41, 5.74) is 9.74. The van der Waals surface area contributed by atoms with E-state index in [0.29, 0.717) is 12.8 Å². The van der Waals surface area contributed by atoms with E-state index in [-0.39, 0.29) is 30.7 Å². The molecule has 3 N–H and O–H groups in total. The van der Waals surface area contributed by atoms with E-state index in [1.165, 1.54) is 5.56 Å². The second-order valence-corrected chi connectivity index (χ2v) is 6.33. The fourth-order valence-electron chi connectivity index (χ4n) is 2.94. The summed E-state index contributed by atoms with van der Waals surface area (Å²) in [6, 6.07) is 15.7. The molecule has 1 saturated heterocycles. The van der Waals surface area contributed by atoms with E-state index in [9.17, 15) is 4.79 Å². The van der Waals surface area contributed by atoms with Crippen LogP contribution in [0.2, 0.25) is 0 Å². The first-order valence-corrected chi connectivity index (χ1v) is 8.73. The van der Waals surface area contributed by atoms with Crippen molar-refractivity contribution in [2.45, 2.75) is 19.4 Å². The van der Waals surface area contributed by atoms with Gasteiger partial charge in [-0.15, -0.1) is 24.8 Å². The molecule has 0 bridgehead atoms. The maximum Gasteiger partial charge on any atom is 0.224 e. The molecule has 0 spiro atoms. The first-order valence-electron chi connectivity index (χ1n) is 8.73. The zero-order chi connectivity index (χ0) is 17.5. The first kappa shape index (κ1) is 23.2.